The summed E-state index contributed by atoms with van der Waals surface area (Å²) in [7, 11) is 0. The number of hydrogen-bond acceptors (Lipinski definition) is 3. The van der Waals surface area contributed by atoms with Crippen LogP contribution < -0.4 is 11.1 Å². The molecule has 0 unspecified atom stereocenters. The number of primary amides is 1. The van der Waals surface area contributed by atoms with Gasteiger partial charge in [0.2, 0.25) is 5.91 Å². The van der Waals surface area contributed by atoms with Crippen molar-refractivity contribution in [3.63, 3.8) is 0 Å². The lowest BCUT2D eigenvalue weighted by atomic mass is 10.1. The maximum Gasteiger partial charge on any atom is 0.255 e. The van der Waals surface area contributed by atoms with Crippen LogP contribution in [0.3, 0.4) is 0 Å². The second-order valence-corrected chi connectivity index (χ2v) is 5.45. The summed E-state index contributed by atoms with van der Waals surface area (Å²) in [5, 5.41) is 2.75. The van der Waals surface area contributed by atoms with Crippen molar-refractivity contribution >= 4 is 23.4 Å². The number of nitrogens with one attached hydrogen (secondary N) is 1. The zero-order valence-corrected chi connectivity index (χ0v) is 14.3. The number of benzene rings is 2. The van der Waals surface area contributed by atoms with E-state index in [4.69, 9.17) is 5.73 Å². The summed E-state index contributed by atoms with van der Waals surface area (Å²) in [6.07, 6.45) is 0. The molecular formula is C19H21N3O3. The smallest absolute Gasteiger partial charge is 0.255 e. The van der Waals surface area contributed by atoms with Crippen molar-refractivity contribution < 1.29 is 14.4 Å². The first-order chi connectivity index (χ1) is 12.0. The van der Waals surface area contributed by atoms with Crippen molar-refractivity contribution in [3.8, 4) is 0 Å². The van der Waals surface area contributed by atoms with Gasteiger partial charge in [-0.3, -0.25) is 14.4 Å². The molecule has 0 aliphatic heterocycles. The molecule has 2 aromatic carbocycles. The number of nitrogens with two attached hydrogens (primary N) is 1. The SMILES string of the molecule is CCN(CC)C(=O)c1cccc(NC(=O)c2ccc(C(N)=O)cc2)c1. The molecule has 0 saturated heterocycles. The fourth-order valence-electron chi connectivity index (χ4n) is 2.41. The third-order valence-corrected chi connectivity index (χ3v) is 3.85. The van der Waals surface area contributed by atoms with Crippen molar-refractivity contribution in [3.05, 3.63) is 65.2 Å². The molecule has 0 spiro atoms. The molecule has 25 heavy (non-hydrogen) atoms. The predicted molar refractivity (Wildman–Crippen MR) is 96.6 cm³/mol. The summed E-state index contributed by atoms with van der Waals surface area (Å²) in [6, 6.07) is 12.9. The maximum atomic E-state index is 12.4. The van der Waals surface area contributed by atoms with Gasteiger partial charge in [-0.25, -0.2) is 0 Å². The van der Waals surface area contributed by atoms with Gasteiger partial charge in [-0.1, -0.05) is 6.07 Å². The summed E-state index contributed by atoms with van der Waals surface area (Å²) in [4.78, 5) is 37.5. The van der Waals surface area contributed by atoms with Crippen LogP contribution in [0, 0.1) is 0 Å². The highest BCUT2D eigenvalue weighted by Gasteiger charge is 2.14. The van der Waals surface area contributed by atoms with E-state index in [1.165, 1.54) is 24.3 Å². The molecular weight excluding hydrogens is 318 g/mol. The van der Waals surface area contributed by atoms with Crippen LogP contribution in [0.1, 0.15) is 44.9 Å². The standard InChI is InChI=1S/C19H21N3O3/c1-3-22(4-2)19(25)15-6-5-7-16(12-15)21-18(24)14-10-8-13(9-11-14)17(20)23/h5-12H,3-4H2,1-2H3,(H2,20,23)(H,21,24). The lowest BCUT2D eigenvalue weighted by Crippen LogP contribution is -2.30. The van der Waals surface area contributed by atoms with Crippen molar-refractivity contribution in [2.75, 3.05) is 18.4 Å². The molecule has 0 aliphatic rings. The molecule has 0 fully saturated rings. The van der Waals surface area contributed by atoms with E-state index in [1.54, 1.807) is 29.2 Å². The second kappa shape index (κ2) is 8.10. The van der Waals surface area contributed by atoms with Gasteiger partial charge in [0.1, 0.15) is 0 Å². The zero-order valence-electron chi connectivity index (χ0n) is 14.3. The number of carbonyl (C=O) groups excluding carboxylic acids is 3. The van der Waals surface area contributed by atoms with Gasteiger partial charge >= 0.3 is 0 Å². The van der Waals surface area contributed by atoms with E-state index in [-0.39, 0.29) is 11.8 Å². The van der Waals surface area contributed by atoms with Gasteiger partial charge in [-0.2, -0.15) is 0 Å². The fraction of sp³-hybridized carbons (Fsp3) is 0.211. The van der Waals surface area contributed by atoms with Crippen LogP contribution in [0.15, 0.2) is 48.5 Å². The van der Waals surface area contributed by atoms with E-state index in [0.29, 0.717) is 35.5 Å². The van der Waals surface area contributed by atoms with Crippen LogP contribution in [0.25, 0.3) is 0 Å². The maximum absolute atomic E-state index is 12.4. The van der Waals surface area contributed by atoms with Gasteiger partial charge in [0.25, 0.3) is 11.8 Å². The minimum atomic E-state index is -0.547. The van der Waals surface area contributed by atoms with E-state index in [1.807, 2.05) is 13.8 Å². The molecule has 0 atom stereocenters. The zero-order chi connectivity index (χ0) is 18.4. The minimum Gasteiger partial charge on any atom is -0.366 e. The average Bonchev–Trinajstić information content (AvgIpc) is 2.63. The van der Waals surface area contributed by atoms with Crippen LogP contribution in [0.5, 0.6) is 0 Å². The summed E-state index contributed by atoms with van der Waals surface area (Å²) < 4.78 is 0. The van der Waals surface area contributed by atoms with E-state index in [0.717, 1.165) is 0 Å². The lowest BCUT2D eigenvalue weighted by Gasteiger charge is -2.19. The van der Waals surface area contributed by atoms with Gasteiger partial charge < -0.3 is 16.0 Å². The van der Waals surface area contributed by atoms with Crippen LogP contribution in [0.2, 0.25) is 0 Å². The predicted octanol–water partition coefficient (Wildman–Crippen LogP) is 2.52. The third kappa shape index (κ3) is 4.44. The van der Waals surface area contributed by atoms with Crippen LogP contribution >= 0.6 is 0 Å². The van der Waals surface area contributed by atoms with Crippen molar-refractivity contribution in [2.24, 2.45) is 5.73 Å². The summed E-state index contributed by atoms with van der Waals surface area (Å²) in [6.45, 7) is 5.09. The first-order valence-electron chi connectivity index (χ1n) is 8.06. The van der Waals surface area contributed by atoms with Crippen molar-refractivity contribution in [1.82, 2.24) is 4.90 Å². The Balaban J connectivity index is 2.14. The first-order valence-corrected chi connectivity index (χ1v) is 8.06. The molecule has 0 aromatic heterocycles. The first kappa shape index (κ1) is 18.2. The van der Waals surface area contributed by atoms with Gasteiger partial charge in [0.15, 0.2) is 0 Å². The molecule has 2 rings (SSSR count). The largest absolute Gasteiger partial charge is 0.366 e. The van der Waals surface area contributed by atoms with Gasteiger partial charge in [0.05, 0.1) is 0 Å². The quantitative estimate of drug-likeness (QED) is 0.847. The Hall–Kier alpha value is -3.15. The minimum absolute atomic E-state index is 0.0769. The highest BCUT2D eigenvalue weighted by molar-refractivity contribution is 6.05. The van der Waals surface area contributed by atoms with Gasteiger partial charge in [-0.05, 0) is 56.3 Å². The van der Waals surface area contributed by atoms with Crippen LogP contribution in [0.4, 0.5) is 5.69 Å². The second-order valence-electron chi connectivity index (χ2n) is 5.45. The number of anilines is 1. The lowest BCUT2D eigenvalue weighted by molar-refractivity contribution is 0.0772. The number of hydrogen-bond donors (Lipinski definition) is 2. The molecule has 0 radical (unpaired) electrons. The number of carbonyl (C=O) groups is 3. The van der Waals surface area contributed by atoms with E-state index in [9.17, 15) is 14.4 Å². The Kier molecular flexibility index (Phi) is 5.89. The fourth-order valence-corrected chi connectivity index (χ4v) is 2.41. The molecule has 6 heteroatoms. The Morgan fingerprint density at radius 3 is 2.08 bits per heavy atom. The summed E-state index contributed by atoms with van der Waals surface area (Å²) in [5.41, 5.74) is 6.96. The van der Waals surface area contributed by atoms with Gasteiger partial charge in [-0.15, -0.1) is 0 Å². The third-order valence-electron chi connectivity index (χ3n) is 3.85. The average molecular weight is 339 g/mol. The molecule has 0 aliphatic carbocycles. The summed E-state index contributed by atoms with van der Waals surface area (Å²) >= 11 is 0. The molecule has 0 saturated carbocycles. The van der Waals surface area contributed by atoms with Crippen molar-refractivity contribution in [1.29, 1.82) is 0 Å². The highest BCUT2D eigenvalue weighted by atomic mass is 16.2. The van der Waals surface area contributed by atoms with E-state index in [2.05, 4.69) is 5.32 Å². The molecule has 0 bridgehead atoms. The van der Waals surface area contributed by atoms with Crippen molar-refractivity contribution in [2.45, 2.75) is 13.8 Å². The Morgan fingerprint density at radius 2 is 1.52 bits per heavy atom. The Morgan fingerprint density at radius 1 is 0.920 bits per heavy atom. The number of amides is 3. The summed E-state index contributed by atoms with van der Waals surface area (Å²) in [5.74, 6) is -0.954. The highest BCUT2D eigenvalue weighted by Crippen LogP contribution is 2.14. The molecule has 0 heterocycles. The van der Waals surface area contributed by atoms with E-state index >= 15 is 0 Å². The molecule has 3 N–H and O–H groups in total. The molecule has 6 nitrogen and oxygen atoms in total. The van der Waals surface area contributed by atoms with Crippen LogP contribution in [-0.2, 0) is 0 Å². The number of rotatable bonds is 6. The normalized spacial score (nSPS) is 10.2. The number of nitrogens with zero attached hydrogens (tertiary/aromatic N) is 1. The Labute approximate surface area is 146 Å². The molecule has 2 aromatic rings. The Bertz CT molecular complexity index is 781. The monoisotopic (exact) mass is 339 g/mol. The molecule has 130 valence electrons. The topological polar surface area (TPSA) is 92.5 Å². The van der Waals surface area contributed by atoms with Crippen LogP contribution in [-0.4, -0.2) is 35.7 Å². The van der Waals surface area contributed by atoms with Gasteiger partial charge in [0, 0.05) is 35.5 Å². The van der Waals surface area contributed by atoms with E-state index < -0.39 is 5.91 Å². The molecule has 3 amide bonds.